The number of rotatable bonds is 6. The zero-order valence-corrected chi connectivity index (χ0v) is 9.77. The lowest BCUT2D eigenvalue weighted by atomic mass is 9.96. The Morgan fingerprint density at radius 1 is 1.38 bits per heavy atom. The van der Waals surface area contributed by atoms with Crippen LogP contribution in [0.3, 0.4) is 0 Å². The van der Waals surface area contributed by atoms with Crippen LogP contribution in [0.15, 0.2) is 30.3 Å². The lowest BCUT2D eigenvalue weighted by Crippen LogP contribution is -2.38. The molecule has 1 atom stereocenters. The molecule has 0 spiro atoms. The Morgan fingerprint density at radius 3 is 2.50 bits per heavy atom. The largest absolute Gasteiger partial charge is 0.479 e. The molecular formula is C13H18O3. The number of hydrogen-bond donors (Lipinski definition) is 1. The summed E-state index contributed by atoms with van der Waals surface area (Å²) >= 11 is 0. The fourth-order valence-electron chi connectivity index (χ4n) is 1.59. The lowest BCUT2D eigenvalue weighted by molar-refractivity contribution is -0.163. The lowest BCUT2D eigenvalue weighted by Gasteiger charge is -2.24. The molecular weight excluding hydrogens is 204 g/mol. The number of benzene rings is 1. The van der Waals surface area contributed by atoms with E-state index in [9.17, 15) is 4.79 Å². The van der Waals surface area contributed by atoms with Gasteiger partial charge in [-0.2, -0.15) is 0 Å². The molecule has 0 radical (unpaired) electrons. The maximum absolute atomic E-state index is 11.1. The third-order valence-corrected chi connectivity index (χ3v) is 2.65. The number of carboxylic acid groups (broad SMARTS) is 1. The molecule has 0 heterocycles. The van der Waals surface area contributed by atoms with Gasteiger partial charge in [0.1, 0.15) is 0 Å². The predicted molar refractivity (Wildman–Crippen MR) is 62.4 cm³/mol. The zero-order valence-electron chi connectivity index (χ0n) is 9.77. The van der Waals surface area contributed by atoms with Gasteiger partial charge in [-0.3, -0.25) is 0 Å². The van der Waals surface area contributed by atoms with Crippen LogP contribution < -0.4 is 0 Å². The summed E-state index contributed by atoms with van der Waals surface area (Å²) in [4.78, 5) is 11.1. The number of carbonyl (C=O) groups is 1. The molecule has 1 aromatic carbocycles. The Balaban J connectivity index is 2.60. The predicted octanol–water partition coefficient (Wildman–Crippen LogP) is 2.50. The van der Waals surface area contributed by atoms with Gasteiger partial charge in [-0.25, -0.2) is 4.79 Å². The summed E-state index contributed by atoms with van der Waals surface area (Å²) in [6, 6.07) is 9.84. The summed E-state index contributed by atoms with van der Waals surface area (Å²) in [7, 11) is 0. The molecule has 0 saturated carbocycles. The van der Waals surface area contributed by atoms with Crippen molar-refractivity contribution in [1.82, 2.24) is 0 Å². The van der Waals surface area contributed by atoms with Crippen LogP contribution in [0.1, 0.15) is 25.8 Å². The first-order valence-electron chi connectivity index (χ1n) is 5.50. The quantitative estimate of drug-likeness (QED) is 0.804. The monoisotopic (exact) mass is 222 g/mol. The molecule has 0 fully saturated rings. The second kappa shape index (κ2) is 5.66. The standard InChI is InChI=1S/C13H18O3/c1-3-16-13(2,12(14)15)10-9-11-7-5-4-6-8-11/h4-8H,3,9-10H2,1-2H3,(H,14,15). The van der Waals surface area contributed by atoms with Crippen molar-refractivity contribution < 1.29 is 14.6 Å². The molecule has 3 heteroatoms. The van der Waals surface area contributed by atoms with Crippen LogP contribution >= 0.6 is 0 Å². The van der Waals surface area contributed by atoms with E-state index >= 15 is 0 Å². The number of carboxylic acids is 1. The van der Waals surface area contributed by atoms with Crippen LogP contribution in [0.25, 0.3) is 0 Å². The molecule has 88 valence electrons. The molecule has 0 bridgehead atoms. The van der Waals surface area contributed by atoms with Crippen LogP contribution in [0.2, 0.25) is 0 Å². The van der Waals surface area contributed by atoms with Gasteiger partial charge < -0.3 is 9.84 Å². The Bertz CT molecular complexity index is 334. The van der Waals surface area contributed by atoms with Gasteiger partial charge >= 0.3 is 5.97 Å². The van der Waals surface area contributed by atoms with E-state index < -0.39 is 11.6 Å². The molecule has 0 aromatic heterocycles. The summed E-state index contributed by atoms with van der Waals surface area (Å²) < 4.78 is 5.31. The van der Waals surface area contributed by atoms with E-state index in [4.69, 9.17) is 9.84 Å². The summed E-state index contributed by atoms with van der Waals surface area (Å²) in [6.45, 7) is 3.85. The van der Waals surface area contributed by atoms with E-state index in [0.717, 1.165) is 5.56 Å². The molecule has 0 amide bonds. The third-order valence-electron chi connectivity index (χ3n) is 2.65. The van der Waals surface area contributed by atoms with Gasteiger partial charge in [-0.1, -0.05) is 30.3 Å². The number of aryl methyl sites for hydroxylation is 1. The van der Waals surface area contributed by atoms with Gasteiger partial charge in [-0.05, 0) is 32.3 Å². The third kappa shape index (κ3) is 3.35. The number of hydrogen-bond acceptors (Lipinski definition) is 2. The van der Waals surface area contributed by atoms with Crippen LogP contribution in [0.5, 0.6) is 0 Å². The van der Waals surface area contributed by atoms with Gasteiger partial charge in [0.25, 0.3) is 0 Å². The molecule has 0 saturated heterocycles. The van der Waals surface area contributed by atoms with Gasteiger partial charge in [0, 0.05) is 6.61 Å². The normalized spacial score (nSPS) is 14.4. The van der Waals surface area contributed by atoms with Crippen LogP contribution in [-0.2, 0) is 16.0 Å². The molecule has 1 unspecified atom stereocenters. The summed E-state index contributed by atoms with van der Waals surface area (Å²) in [5.74, 6) is -0.898. The van der Waals surface area contributed by atoms with E-state index in [-0.39, 0.29) is 0 Å². The Labute approximate surface area is 96.1 Å². The Kier molecular flexibility index (Phi) is 4.50. The summed E-state index contributed by atoms with van der Waals surface area (Å²) in [5, 5.41) is 9.12. The van der Waals surface area contributed by atoms with Crippen molar-refractivity contribution in [3.63, 3.8) is 0 Å². The SMILES string of the molecule is CCOC(C)(CCc1ccccc1)C(=O)O. The average Bonchev–Trinajstić information content (AvgIpc) is 2.28. The highest BCUT2D eigenvalue weighted by Gasteiger charge is 2.33. The van der Waals surface area contributed by atoms with Gasteiger partial charge in [-0.15, -0.1) is 0 Å². The van der Waals surface area contributed by atoms with E-state index in [1.807, 2.05) is 37.3 Å². The van der Waals surface area contributed by atoms with Crippen LogP contribution in [-0.4, -0.2) is 23.3 Å². The van der Waals surface area contributed by atoms with Crippen molar-refractivity contribution >= 4 is 5.97 Å². The fourth-order valence-corrected chi connectivity index (χ4v) is 1.59. The molecule has 0 aliphatic carbocycles. The fraction of sp³-hybridized carbons (Fsp3) is 0.462. The molecule has 1 aromatic rings. The van der Waals surface area contributed by atoms with Crippen molar-refractivity contribution in [2.24, 2.45) is 0 Å². The van der Waals surface area contributed by atoms with E-state index in [1.165, 1.54) is 0 Å². The van der Waals surface area contributed by atoms with Crippen molar-refractivity contribution in [3.05, 3.63) is 35.9 Å². The summed E-state index contributed by atoms with van der Waals surface area (Å²) in [5.41, 5.74) is 0.0552. The van der Waals surface area contributed by atoms with Crippen LogP contribution in [0, 0.1) is 0 Å². The van der Waals surface area contributed by atoms with Crippen molar-refractivity contribution in [3.8, 4) is 0 Å². The number of ether oxygens (including phenoxy) is 1. The van der Waals surface area contributed by atoms with Crippen molar-refractivity contribution in [1.29, 1.82) is 0 Å². The minimum absolute atomic E-state index is 0.414. The molecule has 0 aliphatic rings. The van der Waals surface area contributed by atoms with Crippen molar-refractivity contribution in [2.45, 2.75) is 32.3 Å². The van der Waals surface area contributed by atoms with Crippen molar-refractivity contribution in [2.75, 3.05) is 6.61 Å². The molecule has 1 rings (SSSR count). The maximum Gasteiger partial charge on any atom is 0.335 e. The summed E-state index contributed by atoms with van der Waals surface area (Å²) in [6.07, 6.45) is 1.20. The highest BCUT2D eigenvalue weighted by molar-refractivity contribution is 5.76. The van der Waals surface area contributed by atoms with Crippen LogP contribution in [0.4, 0.5) is 0 Å². The highest BCUT2D eigenvalue weighted by atomic mass is 16.5. The second-order valence-electron chi connectivity index (χ2n) is 3.95. The molecule has 16 heavy (non-hydrogen) atoms. The Hall–Kier alpha value is -1.35. The average molecular weight is 222 g/mol. The maximum atomic E-state index is 11.1. The van der Waals surface area contributed by atoms with E-state index in [2.05, 4.69) is 0 Å². The first-order chi connectivity index (χ1) is 7.58. The van der Waals surface area contributed by atoms with Gasteiger partial charge in [0.2, 0.25) is 0 Å². The van der Waals surface area contributed by atoms with E-state index in [1.54, 1.807) is 6.92 Å². The number of aliphatic carboxylic acids is 1. The van der Waals surface area contributed by atoms with Gasteiger partial charge in [0.15, 0.2) is 5.60 Å². The first kappa shape index (κ1) is 12.7. The Morgan fingerprint density at radius 2 is 2.00 bits per heavy atom. The minimum atomic E-state index is -1.08. The minimum Gasteiger partial charge on any atom is -0.479 e. The van der Waals surface area contributed by atoms with Gasteiger partial charge in [0.05, 0.1) is 0 Å². The highest BCUT2D eigenvalue weighted by Crippen LogP contribution is 2.19. The zero-order chi connectivity index (χ0) is 12.0. The van der Waals surface area contributed by atoms with E-state index in [0.29, 0.717) is 19.4 Å². The first-order valence-corrected chi connectivity index (χ1v) is 5.50. The topological polar surface area (TPSA) is 46.5 Å². The molecule has 1 N–H and O–H groups in total. The molecule has 0 aliphatic heterocycles. The smallest absolute Gasteiger partial charge is 0.335 e. The second-order valence-corrected chi connectivity index (χ2v) is 3.95. The molecule has 3 nitrogen and oxygen atoms in total.